The predicted molar refractivity (Wildman–Crippen MR) is 49.3 cm³/mol. The monoisotopic (exact) mass is 254 g/mol. The van der Waals surface area contributed by atoms with Gasteiger partial charge in [-0.15, -0.1) is 0 Å². The van der Waals surface area contributed by atoms with Crippen LogP contribution in [0.1, 0.15) is 0 Å². The normalized spacial score (nSPS) is 9.58. The van der Waals surface area contributed by atoms with E-state index >= 15 is 0 Å². The van der Waals surface area contributed by atoms with Gasteiger partial charge in [0.15, 0.2) is 0 Å². The Bertz CT molecular complexity index is 210. The molecule has 1 rings (SSSR count). The zero-order valence-electron chi connectivity index (χ0n) is 7.38. The van der Waals surface area contributed by atoms with Crippen LogP contribution in [0.4, 0.5) is 0 Å². The van der Waals surface area contributed by atoms with Crippen LogP contribution in [0, 0.1) is 0 Å². The Morgan fingerprint density at radius 3 is 1.75 bits per heavy atom. The van der Waals surface area contributed by atoms with Gasteiger partial charge in [-0.05, 0) is 8.32 Å². The van der Waals surface area contributed by atoms with Crippen molar-refractivity contribution in [1.29, 1.82) is 0 Å². The average molecular weight is 255 g/mol. The second kappa shape index (κ2) is 6.15. The van der Waals surface area contributed by atoms with Gasteiger partial charge in [-0.1, -0.05) is 48.6 Å². The van der Waals surface area contributed by atoms with E-state index in [9.17, 15) is 4.80 Å². The van der Waals surface area contributed by atoms with Gasteiger partial charge in [0.05, 0.1) is 0 Å². The molecule has 4 heteroatoms. The Hall–Kier alpha value is 0.643. The van der Waals surface area contributed by atoms with Crippen LogP contribution in [0.5, 0.6) is 0 Å². The van der Waals surface area contributed by atoms with Crippen LogP contribution in [-0.4, -0.2) is 31.4 Å². The summed E-state index contributed by atoms with van der Waals surface area (Å²) in [4.78, 5) is 11.4. The molecule has 0 aliphatic carbocycles. The molecule has 0 saturated carbocycles. The van der Waals surface area contributed by atoms with E-state index in [-0.39, 0.29) is 40.0 Å². The van der Waals surface area contributed by atoms with E-state index < -0.39 is 8.32 Å². The van der Waals surface area contributed by atoms with Gasteiger partial charge in [-0.25, -0.2) is 0 Å². The maximum Gasteiger partial charge on any atom is 2.00 e. The Kier molecular flexibility index (Phi) is 7.76. The fraction of sp³-hybridized carbons (Fsp3) is 0.250. The third-order valence-corrected chi connectivity index (χ3v) is 3.19. The van der Waals surface area contributed by atoms with Crippen molar-refractivity contribution in [3.8, 4) is 0 Å². The minimum atomic E-state index is -2.28. The quantitative estimate of drug-likeness (QED) is 0.493. The fourth-order valence-electron chi connectivity index (χ4n) is 0.840. The van der Waals surface area contributed by atoms with Crippen molar-refractivity contribution >= 4 is 36.6 Å². The molecule has 0 heterocycles. The van der Waals surface area contributed by atoms with Gasteiger partial charge in [-0.3, -0.25) is 0 Å². The van der Waals surface area contributed by atoms with Crippen LogP contribution in [0.3, 0.4) is 0 Å². The van der Waals surface area contributed by atoms with Crippen LogP contribution in [0.25, 0.3) is 0 Å². The molecule has 1 aromatic rings. The first kappa shape index (κ1) is 15.1. The van der Waals surface area contributed by atoms with Crippen LogP contribution >= 0.6 is 0 Å². The molecule has 0 radical (unpaired) electrons. The summed E-state index contributed by atoms with van der Waals surface area (Å²) in [6.07, 6.45) is 0. The first-order valence-electron chi connectivity index (χ1n) is 3.36. The second-order valence-corrected chi connectivity index (χ2v) is 6.47. The van der Waals surface area contributed by atoms with Gasteiger partial charge >= 0.3 is 23.1 Å². The SMILES string of the molecule is C[Si](C)([O-])c1ccccc1.[Br-].[Mg+2]. The van der Waals surface area contributed by atoms with Crippen LogP contribution in [0.2, 0.25) is 13.1 Å². The molecule has 0 atom stereocenters. The molecule has 0 N–H and O–H groups in total. The number of hydrogen-bond acceptors (Lipinski definition) is 1. The number of hydrogen-bond donors (Lipinski definition) is 0. The van der Waals surface area contributed by atoms with E-state index in [0.717, 1.165) is 5.19 Å². The van der Waals surface area contributed by atoms with E-state index in [0.29, 0.717) is 0 Å². The summed E-state index contributed by atoms with van der Waals surface area (Å²) < 4.78 is 0. The third kappa shape index (κ3) is 4.62. The molecule has 0 unspecified atom stereocenters. The molecule has 0 bridgehead atoms. The maximum absolute atomic E-state index is 11.4. The molecule has 62 valence electrons. The molecule has 12 heavy (non-hydrogen) atoms. The van der Waals surface area contributed by atoms with Crippen molar-refractivity contribution < 1.29 is 21.8 Å². The summed E-state index contributed by atoms with van der Waals surface area (Å²) in [7, 11) is -2.28. The first-order valence-corrected chi connectivity index (χ1v) is 6.27. The largest absolute Gasteiger partial charge is 2.00 e. The smallest absolute Gasteiger partial charge is 1.00 e. The summed E-state index contributed by atoms with van der Waals surface area (Å²) in [6.45, 7) is 3.62. The van der Waals surface area contributed by atoms with E-state index in [1.54, 1.807) is 0 Å². The summed E-state index contributed by atoms with van der Waals surface area (Å²) >= 11 is 0. The van der Waals surface area contributed by atoms with E-state index in [1.165, 1.54) is 0 Å². The van der Waals surface area contributed by atoms with Crippen molar-refractivity contribution in [3.05, 3.63) is 30.3 Å². The fourth-order valence-corrected chi connectivity index (χ4v) is 1.83. The molecule has 1 aromatic carbocycles. The topological polar surface area (TPSA) is 23.1 Å². The van der Waals surface area contributed by atoms with Crippen molar-refractivity contribution in [2.75, 3.05) is 0 Å². The summed E-state index contributed by atoms with van der Waals surface area (Å²) in [5.74, 6) is 0. The van der Waals surface area contributed by atoms with Crippen molar-refractivity contribution in [3.63, 3.8) is 0 Å². The summed E-state index contributed by atoms with van der Waals surface area (Å²) in [6, 6.07) is 9.60. The summed E-state index contributed by atoms with van der Waals surface area (Å²) in [5.41, 5.74) is 0. The van der Waals surface area contributed by atoms with E-state index in [1.807, 2.05) is 43.4 Å². The second-order valence-electron chi connectivity index (χ2n) is 2.88. The van der Waals surface area contributed by atoms with Gasteiger partial charge in [0, 0.05) is 0 Å². The summed E-state index contributed by atoms with van der Waals surface area (Å²) in [5, 5.41) is 0.981. The molecular weight excluding hydrogens is 244 g/mol. The Morgan fingerprint density at radius 2 is 1.50 bits per heavy atom. The number of rotatable bonds is 1. The Labute approximate surface area is 101 Å². The van der Waals surface area contributed by atoms with Crippen molar-refractivity contribution in [2.24, 2.45) is 0 Å². The zero-order chi connectivity index (χ0) is 7.61. The molecule has 0 saturated heterocycles. The Balaban J connectivity index is 0. The number of benzene rings is 1. The number of halogens is 1. The van der Waals surface area contributed by atoms with Gasteiger partial charge in [0.1, 0.15) is 0 Å². The molecule has 0 amide bonds. The van der Waals surface area contributed by atoms with E-state index in [4.69, 9.17) is 0 Å². The minimum Gasteiger partial charge on any atom is -1.00 e. The average Bonchev–Trinajstić information content (AvgIpc) is 1.88. The van der Waals surface area contributed by atoms with Crippen LogP contribution in [-0.2, 0) is 0 Å². The zero-order valence-corrected chi connectivity index (χ0v) is 11.4. The van der Waals surface area contributed by atoms with Gasteiger partial charge in [0.25, 0.3) is 0 Å². The van der Waals surface area contributed by atoms with Crippen molar-refractivity contribution in [1.82, 2.24) is 0 Å². The molecular formula is C8H11BrMgOSi. The predicted octanol–water partition coefficient (Wildman–Crippen LogP) is -2.92. The molecule has 0 fully saturated rings. The minimum absolute atomic E-state index is 0. The first-order chi connectivity index (χ1) is 4.61. The molecule has 0 aliphatic rings. The third-order valence-electron chi connectivity index (χ3n) is 1.47. The Morgan fingerprint density at radius 1 is 1.08 bits per heavy atom. The van der Waals surface area contributed by atoms with Crippen molar-refractivity contribution in [2.45, 2.75) is 13.1 Å². The van der Waals surface area contributed by atoms with Crippen LogP contribution in [0.15, 0.2) is 30.3 Å². The molecule has 0 aromatic heterocycles. The molecule has 0 aliphatic heterocycles. The van der Waals surface area contributed by atoms with Gasteiger partial charge < -0.3 is 21.8 Å². The van der Waals surface area contributed by atoms with Gasteiger partial charge in [0.2, 0.25) is 0 Å². The standard InChI is InChI=1S/C8H11OSi.BrH.Mg/c1-10(2,9)8-6-4-3-5-7-8;;/h3-7H,1-2H3;1H;/q-1;;+2/p-1. The van der Waals surface area contributed by atoms with Gasteiger partial charge in [-0.2, -0.15) is 0 Å². The van der Waals surface area contributed by atoms with E-state index in [2.05, 4.69) is 0 Å². The van der Waals surface area contributed by atoms with Crippen LogP contribution < -0.4 is 27.0 Å². The molecule has 0 spiro atoms. The molecule has 1 nitrogen and oxygen atoms in total. The maximum atomic E-state index is 11.4.